The van der Waals surface area contributed by atoms with Gasteiger partial charge in [0.2, 0.25) is 0 Å². The minimum atomic E-state index is 0.746. The first-order valence-corrected chi connectivity index (χ1v) is 7.02. The van der Waals surface area contributed by atoms with Crippen molar-refractivity contribution in [3.8, 4) is 0 Å². The molecule has 1 aliphatic heterocycles. The van der Waals surface area contributed by atoms with Gasteiger partial charge in [-0.15, -0.1) is 0 Å². The molecule has 2 heterocycles. The Bertz CT molecular complexity index is 352. The van der Waals surface area contributed by atoms with Gasteiger partial charge in [-0.05, 0) is 25.0 Å². The lowest BCUT2D eigenvalue weighted by Crippen LogP contribution is -2.40. The molecule has 0 saturated carbocycles. The maximum absolute atomic E-state index is 4.61. The molecule has 2 rings (SSSR count). The Kier molecular flexibility index (Phi) is 3.74. The van der Waals surface area contributed by atoms with Crippen LogP contribution in [0.2, 0.25) is 0 Å². The third-order valence-corrected chi connectivity index (χ3v) is 4.57. The van der Waals surface area contributed by atoms with Gasteiger partial charge in [0.05, 0.1) is 0 Å². The highest BCUT2D eigenvalue weighted by atomic mass is 32.2. The molecule has 1 fully saturated rings. The number of anilines is 1. The Morgan fingerprint density at radius 1 is 1.44 bits per heavy atom. The number of aromatic nitrogens is 1. The normalized spacial score (nSPS) is 21.5. The molecule has 3 heteroatoms. The van der Waals surface area contributed by atoms with Gasteiger partial charge in [0.15, 0.2) is 0 Å². The van der Waals surface area contributed by atoms with Gasteiger partial charge in [-0.2, -0.15) is 11.8 Å². The van der Waals surface area contributed by atoms with E-state index in [2.05, 4.69) is 60.6 Å². The fourth-order valence-corrected chi connectivity index (χ4v) is 3.29. The summed E-state index contributed by atoms with van der Waals surface area (Å²) in [5.74, 6) is 3.11. The fourth-order valence-electron chi connectivity index (χ4n) is 1.99. The molecule has 16 heavy (non-hydrogen) atoms. The predicted molar refractivity (Wildman–Crippen MR) is 72.3 cm³/mol. The Morgan fingerprint density at radius 2 is 2.25 bits per heavy atom. The first-order valence-electron chi connectivity index (χ1n) is 5.97. The van der Waals surface area contributed by atoms with Crippen LogP contribution in [0, 0.1) is 12.8 Å². The third kappa shape index (κ3) is 2.70. The summed E-state index contributed by atoms with van der Waals surface area (Å²) in [5, 5.41) is 0.746. The van der Waals surface area contributed by atoms with Crippen LogP contribution in [0.15, 0.2) is 18.2 Å². The van der Waals surface area contributed by atoms with Gasteiger partial charge in [0, 0.05) is 29.8 Å². The Labute approximate surface area is 102 Å². The molecule has 0 aliphatic carbocycles. The van der Waals surface area contributed by atoms with Crippen molar-refractivity contribution in [1.82, 2.24) is 4.98 Å². The van der Waals surface area contributed by atoms with E-state index >= 15 is 0 Å². The van der Waals surface area contributed by atoms with Crippen molar-refractivity contribution in [2.75, 3.05) is 23.7 Å². The zero-order valence-corrected chi connectivity index (χ0v) is 11.1. The van der Waals surface area contributed by atoms with E-state index in [9.17, 15) is 0 Å². The van der Waals surface area contributed by atoms with Gasteiger partial charge in [-0.25, -0.2) is 4.98 Å². The molecule has 0 bridgehead atoms. The lowest BCUT2D eigenvalue weighted by molar-refractivity contribution is 0.580. The summed E-state index contributed by atoms with van der Waals surface area (Å²) in [4.78, 5) is 7.03. The highest BCUT2D eigenvalue weighted by Crippen LogP contribution is 2.27. The second-order valence-electron chi connectivity index (χ2n) is 4.74. The smallest absolute Gasteiger partial charge is 0.128 e. The molecule has 1 aromatic rings. The van der Waals surface area contributed by atoms with Crippen molar-refractivity contribution in [2.45, 2.75) is 26.0 Å². The number of thioether (sulfide) groups is 1. The maximum Gasteiger partial charge on any atom is 0.128 e. The molecule has 1 atom stereocenters. The summed E-state index contributed by atoms with van der Waals surface area (Å²) in [7, 11) is 0. The largest absolute Gasteiger partial charge is 0.355 e. The van der Waals surface area contributed by atoms with Crippen LogP contribution in [-0.4, -0.2) is 29.1 Å². The van der Waals surface area contributed by atoms with Crippen molar-refractivity contribution in [1.29, 1.82) is 0 Å². The summed E-state index contributed by atoms with van der Waals surface area (Å²) >= 11 is 2.10. The summed E-state index contributed by atoms with van der Waals surface area (Å²) in [6.45, 7) is 8.95. The van der Waals surface area contributed by atoms with E-state index in [1.54, 1.807) is 0 Å². The molecule has 1 aliphatic rings. The molecule has 0 spiro atoms. The zero-order valence-electron chi connectivity index (χ0n) is 10.3. The SMILES string of the molecule is Cc1cccc(N2CCSC(C(C)C)C2)n1. The molecular formula is C13H20N2S. The van der Waals surface area contributed by atoms with Crippen molar-refractivity contribution in [3.05, 3.63) is 23.9 Å². The molecule has 1 saturated heterocycles. The lowest BCUT2D eigenvalue weighted by atomic mass is 10.1. The third-order valence-electron chi connectivity index (χ3n) is 3.03. The standard InChI is InChI=1S/C13H20N2S/c1-10(2)12-9-15(7-8-16-12)13-6-4-5-11(3)14-13/h4-6,10,12H,7-9H2,1-3H3. The van der Waals surface area contributed by atoms with Gasteiger partial charge < -0.3 is 4.90 Å². The van der Waals surface area contributed by atoms with Crippen LogP contribution in [-0.2, 0) is 0 Å². The molecule has 0 aromatic carbocycles. The molecule has 2 nitrogen and oxygen atoms in total. The number of pyridine rings is 1. The first-order chi connectivity index (χ1) is 7.66. The number of hydrogen-bond donors (Lipinski definition) is 0. The van der Waals surface area contributed by atoms with Gasteiger partial charge in [-0.3, -0.25) is 0 Å². The van der Waals surface area contributed by atoms with E-state index in [0.717, 1.165) is 35.8 Å². The van der Waals surface area contributed by atoms with Gasteiger partial charge in [0.1, 0.15) is 5.82 Å². The molecular weight excluding hydrogens is 216 g/mol. The number of nitrogens with zero attached hydrogens (tertiary/aromatic N) is 2. The molecule has 0 N–H and O–H groups in total. The van der Waals surface area contributed by atoms with Crippen molar-refractivity contribution in [2.24, 2.45) is 5.92 Å². The number of aryl methyl sites for hydroxylation is 1. The quantitative estimate of drug-likeness (QED) is 0.785. The molecule has 1 unspecified atom stereocenters. The van der Waals surface area contributed by atoms with Crippen molar-refractivity contribution >= 4 is 17.6 Å². The molecule has 1 aromatic heterocycles. The van der Waals surface area contributed by atoms with E-state index in [1.807, 2.05) is 0 Å². The predicted octanol–water partition coefficient (Wildman–Crippen LogP) is 2.97. The van der Waals surface area contributed by atoms with Crippen molar-refractivity contribution < 1.29 is 0 Å². The Hall–Kier alpha value is -0.700. The summed E-state index contributed by atoms with van der Waals surface area (Å²) in [5.41, 5.74) is 1.11. The van der Waals surface area contributed by atoms with E-state index in [1.165, 1.54) is 5.75 Å². The fraction of sp³-hybridized carbons (Fsp3) is 0.615. The van der Waals surface area contributed by atoms with Gasteiger partial charge >= 0.3 is 0 Å². The summed E-state index contributed by atoms with van der Waals surface area (Å²) < 4.78 is 0. The maximum atomic E-state index is 4.61. The average Bonchev–Trinajstić information content (AvgIpc) is 2.29. The highest BCUT2D eigenvalue weighted by Gasteiger charge is 2.23. The second kappa shape index (κ2) is 5.09. The van der Waals surface area contributed by atoms with E-state index in [4.69, 9.17) is 0 Å². The second-order valence-corrected chi connectivity index (χ2v) is 6.08. The van der Waals surface area contributed by atoms with E-state index in [0.29, 0.717) is 0 Å². The monoisotopic (exact) mass is 236 g/mol. The van der Waals surface area contributed by atoms with Crippen LogP contribution >= 0.6 is 11.8 Å². The van der Waals surface area contributed by atoms with Crippen molar-refractivity contribution in [3.63, 3.8) is 0 Å². The van der Waals surface area contributed by atoms with E-state index < -0.39 is 0 Å². The van der Waals surface area contributed by atoms with Crippen LogP contribution in [0.25, 0.3) is 0 Å². The van der Waals surface area contributed by atoms with Gasteiger partial charge in [0.25, 0.3) is 0 Å². The van der Waals surface area contributed by atoms with Gasteiger partial charge in [-0.1, -0.05) is 19.9 Å². The summed E-state index contributed by atoms with van der Waals surface area (Å²) in [6.07, 6.45) is 0. The van der Waals surface area contributed by atoms with Crippen LogP contribution in [0.4, 0.5) is 5.82 Å². The molecule has 0 radical (unpaired) electrons. The van der Waals surface area contributed by atoms with E-state index in [-0.39, 0.29) is 0 Å². The zero-order chi connectivity index (χ0) is 11.5. The number of hydrogen-bond acceptors (Lipinski definition) is 3. The Balaban J connectivity index is 2.09. The topological polar surface area (TPSA) is 16.1 Å². The van der Waals surface area contributed by atoms with Crippen LogP contribution in [0.5, 0.6) is 0 Å². The Morgan fingerprint density at radius 3 is 2.94 bits per heavy atom. The van der Waals surface area contributed by atoms with Crippen LogP contribution in [0.3, 0.4) is 0 Å². The highest BCUT2D eigenvalue weighted by molar-refractivity contribution is 8.00. The summed E-state index contributed by atoms with van der Waals surface area (Å²) in [6, 6.07) is 6.28. The van der Waals surface area contributed by atoms with Crippen LogP contribution < -0.4 is 4.90 Å². The minimum absolute atomic E-state index is 0.746. The minimum Gasteiger partial charge on any atom is -0.355 e. The molecule has 0 amide bonds. The molecule has 88 valence electrons. The number of rotatable bonds is 2. The first kappa shape index (κ1) is 11.8. The van der Waals surface area contributed by atoms with Crippen LogP contribution in [0.1, 0.15) is 19.5 Å². The lowest BCUT2D eigenvalue weighted by Gasteiger charge is -2.35. The average molecular weight is 236 g/mol.